The van der Waals surface area contributed by atoms with E-state index in [2.05, 4.69) is 53.0 Å². The van der Waals surface area contributed by atoms with Crippen LogP contribution in [0, 0.1) is 0 Å². The molecular weight excluding hydrogens is 424 g/mol. The van der Waals surface area contributed by atoms with Crippen LogP contribution in [0.1, 0.15) is 29.2 Å². The molecule has 0 spiro atoms. The topological polar surface area (TPSA) is 52.4 Å². The van der Waals surface area contributed by atoms with Crippen molar-refractivity contribution in [2.24, 2.45) is 9.98 Å². The lowest BCUT2D eigenvalue weighted by molar-refractivity contribution is 0.0143. The molecule has 5 heteroatoms. The molecule has 5 nitrogen and oxygen atoms in total. The summed E-state index contributed by atoms with van der Waals surface area (Å²) in [5.41, 5.74) is 6.57. The van der Waals surface area contributed by atoms with Gasteiger partial charge >= 0.3 is 0 Å². The number of ether oxygens (including phenoxy) is 3. The fraction of sp³-hybridized carbons (Fsp3) is 0.310. The Hall–Kier alpha value is -3.12. The second-order valence-electron chi connectivity index (χ2n) is 8.10. The molecule has 2 aromatic carbocycles. The molecule has 178 valence electrons. The lowest BCUT2D eigenvalue weighted by Gasteiger charge is -2.08. The van der Waals surface area contributed by atoms with Gasteiger partial charge < -0.3 is 14.2 Å². The van der Waals surface area contributed by atoms with Crippen LogP contribution in [0.2, 0.25) is 0 Å². The summed E-state index contributed by atoms with van der Waals surface area (Å²) < 4.78 is 17.0. The zero-order valence-corrected chi connectivity index (χ0v) is 20.0. The van der Waals surface area contributed by atoms with Crippen molar-refractivity contribution in [3.05, 3.63) is 107 Å². The molecule has 34 heavy (non-hydrogen) atoms. The van der Waals surface area contributed by atoms with Crippen LogP contribution >= 0.6 is 0 Å². The molecule has 2 heterocycles. The lowest BCUT2D eigenvalue weighted by Crippen LogP contribution is -2.10. The molecule has 0 amide bonds. The van der Waals surface area contributed by atoms with Crippen LogP contribution in [0.5, 0.6) is 0 Å². The monoisotopic (exact) mass is 458 g/mol. The number of fused-ring (bicyclic) bond motifs is 15. The first-order chi connectivity index (χ1) is 16.7. The number of hydrogen-bond donors (Lipinski definition) is 0. The van der Waals surface area contributed by atoms with E-state index in [9.17, 15) is 0 Å². The van der Waals surface area contributed by atoms with Gasteiger partial charge in [-0.3, -0.25) is 9.98 Å². The molecule has 2 aliphatic heterocycles. The third kappa shape index (κ3) is 9.79. The van der Waals surface area contributed by atoms with Crippen LogP contribution in [0.15, 0.2) is 94.5 Å². The molecule has 2 aliphatic rings. The van der Waals surface area contributed by atoms with E-state index >= 15 is 0 Å². The van der Waals surface area contributed by atoms with Gasteiger partial charge in [-0.2, -0.15) is 0 Å². The minimum absolute atomic E-state index is 0.551. The van der Waals surface area contributed by atoms with Gasteiger partial charge in [-0.1, -0.05) is 67.3 Å². The number of nitrogens with zero attached hydrogens (tertiary/aromatic N) is 2. The minimum atomic E-state index is 0.551. The van der Waals surface area contributed by atoms with Gasteiger partial charge in [0.1, 0.15) is 0 Å². The average Bonchev–Trinajstić information content (AvgIpc) is 2.85. The smallest absolute Gasteiger partial charge is 0.0718 e. The minimum Gasteiger partial charge on any atom is -0.377 e. The van der Waals surface area contributed by atoms with Crippen molar-refractivity contribution in [2.45, 2.75) is 20.1 Å². The number of rotatable bonds is 1. The van der Waals surface area contributed by atoms with Crippen LogP contribution in [0.4, 0.5) is 0 Å². The largest absolute Gasteiger partial charge is 0.377 e. The van der Waals surface area contributed by atoms with Crippen molar-refractivity contribution in [3.63, 3.8) is 0 Å². The van der Waals surface area contributed by atoms with Crippen molar-refractivity contribution in [3.8, 4) is 0 Å². The highest BCUT2D eigenvalue weighted by Gasteiger charge is 1.98. The fourth-order valence-electron chi connectivity index (χ4n) is 3.22. The predicted molar refractivity (Wildman–Crippen MR) is 140 cm³/mol. The Kier molecular flexibility index (Phi) is 11.2. The Labute approximate surface area is 203 Å². The van der Waals surface area contributed by atoms with E-state index < -0.39 is 0 Å². The summed E-state index contributed by atoms with van der Waals surface area (Å²) in [6.45, 7) is 10.5. The second-order valence-corrected chi connectivity index (χ2v) is 8.10. The molecule has 4 bridgehead atoms. The maximum absolute atomic E-state index is 5.71. The molecule has 2 aromatic rings. The van der Waals surface area contributed by atoms with Gasteiger partial charge in [0.2, 0.25) is 0 Å². The maximum atomic E-state index is 5.71. The van der Waals surface area contributed by atoms with Gasteiger partial charge in [0.05, 0.1) is 52.7 Å². The highest BCUT2D eigenvalue weighted by atomic mass is 16.5. The molecule has 4 rings (SSSR count). The van der Waals surface area contributed by atoms with E-state index in [0.29, 0.717) is 52.7 Å². The average molecular weight is 459 g/mol. The Morgan fingerprint density at radius 1 is 0.735 bits per heavy atom. The number of aliphatic imine (C=N–C) groups is 2. The summed E-state index contributed by atoms with van der Waals surface area (Å²) in [6.07, 6.45) is 9.72. The molecule has 0 saturated carbocycles. The summed E-state index contributed by atoms with van der Waals surface area (Å²) in [6, 6.07) is 16.6. The van der Waals surface area contributed by atoms with Gasteiger partial charge in [0.25, 0.3) is 0 Å². The predicted octanol–water partition coefficient (Wildman–Crippen LogP) is 5.35. The van der Waals surface area contributed by atoms with Gasteiger partial charge in [0.15, 0.2) is 0 Å². The normalized spacial score (nSPS) is 17.1. The van der Waals surface area contributed by atoms with Crippen LogP contribution in [-0.2, 0) is 27.4 Å². The Bertz CT molecular complexity index is 1020. The first-order valence-corrected chi connectivity index (χ1v) is 11.6. The maximum Gasteiger partial charge on any atom is 0.0718 e. The van der Waals surface area contributed by atoms with E-state index in [1.165, 1.54) is 0 Å². The molecule has 0 N–H and O–H groups in total. The summed E-state index contributed by atoms with van der Waals surface area (Å²) in [5.74, 6) is 0. The highest BCUT2D eigenvalue weighted by molar-refractivity contribution is 5.86. The molecule has 0 aliphatic carbocycles. The van der Waals surface area contributed by atoms with E-state index in [4.69, 9.17) is 14.2 Å². The third-order valence-electron chi connectivity index (χ3n) is 5.15. The SMILES string of the molecule is C=CC1=CC=C(C)COCCOCCOCc2ccc(cc2)CN=Cc2cccc(c2)C=NC1. The Morgan fingerprint density at radius 3 is 2.06 bits per heavy atom. The molecular formula is C29H34N2O3. The van der Waals surface area contributed by atoms with Gasteiger partial charge in [-0.15, -0.1) is 0 Å². The van der Waals surface area contributed by atoms with Crippen molar-refractivity contribution in [1.82, 2.24) is 0 Å². The summed E-state index contributed by atoms with van der Waals surface area (Å²) >= 11 is 0. The molecule has 0 atom stereocenters. The van der Waals surface area contributed by atoms with E-state index in [-0.39, 0.29) is 0 Å². The fourth-order valence-corrected chi connectivity index (χ4v) is 3.22. The number of hydrogen-bond acceptors (Lipinski definition) is 5. The van der Waals surface area contributed by atoms with E-state index in [1.54, 1.807) is 0 Å². The van der Waals surface area contributed by atoms with Gasteiger partial charge in [0, 0.05) is 12.4 Å². The zero-order valence-electron chi connectivity index (χ0n) is 20.0. The first-order valence-electron chi connectivity index (χ1n) is 11.6. The van der Waals surface area contributed by atoms with Crippen molar-refractivity contribution >= 4 is 12.4 Å². The third-order valence-corrected chi connectivity index (χ3v) is 5.15. The molecule has 0 saturated heterocycles. The lowest BCUT2D eigenvalue weighted by atomic mass is 10.1. The van der Waals surface area contributed by atoms with E-state index in [0.717, 1.165) is 33.4 Å². The van der Waals surface area contributed by atoms with Gasteiger partial charge in [-0.25, -0.2) is 0 Å². The van der Waals surface area contributed by atoms with Crippen LogP contribution in [-0.4, -0.2) is 52.0 Å². The molecule has 0 unspecified atom stereocenters. The number of allylic oxidation sites excluding steroid dienone is 2. The number of benzene rings is 2. The quantitative estimate of drug-likeness (QED) is 0.542. The first kappa shape index (κ1) is 25.5. The molecule has 0 radical (unpaired) electrons. The highest BCUT2D eigenvalue weighted by Crippen LogP contribution is 2.08. The van der Waals surface area contributed by atoms with Crippen molar-refractivity contribution < 1.29 is 14.2 Å². The second kappa shape index (κ2) is 14.9. The van der Waals surface area contributed by atoms with E-state index in [1.807, 2.05) is 49.7 Å². The standard InChI is InChI=1S/C29H34N2O3/c1-3-25-8-7-24(2)22-33-15-13-32-14-16-34-23-27-11-9-26(10-12-27)19-31-21-29-6-4-5-28(17-29)20-30-18-25/h3-12,17,20-21H,1,13-16,18-19,22-23H2,2H3. The molecule has 0 fully saturated rings. The Morgan fingerprint density at radius 2 is 1.35 bits per heavy atom. The molecule has 0 aromatic heterocycles. The van der Waals surface area contributed by atoms with Crippen LogP contribution in [0.25, 0.3) is 0 Å². The van der Waals surface area contributed by atoms with Crippen molar-refractivity contribution in [2.75, 3.05) is 39.6 Å². The van der Waals surface area contributed by atoms with Crippen LogP contribution < -0.4 is 0 Å². The summed E-state index contributed by atoms with van der Waals surface area (Å²) in [4.78, 5) is 9.18. The Balaban J connectivity index is 1.68. The summed E-state index contributed by atoms with van der Waals surface area (Å²) in [7, 11) is 0. The van der Waals surface area contributed by atoms with Crippen molar-refractivity contribution in [1.29, 1.82) is 0 Å². The van der Waals surface area contributed by atoms with Crippen LogP contribution in [0.3, 0.4) is 0 Å². The summed E-state index contributed by atoms with van der Waals surface area (Å²) in [5, 5.41) is 0. The zero-order chi connectivity index (χ0) is 23.8. The van der Waals surface area contributed by atoms with Gasteiger partial charge in [-0.05, 0) is 46.4 Å².